The highest BCUT2D eigenvalue weighted by Crippen LogP contribution is 2.29. The number of halogens is 2. The Morgan fingerprint density at radius 1 is 1.33 bits per heavy atom. The fourth-order valence-corrected chi connectivity index (χ4v) is 1.12. The standard InChI is InChI=1S/C12H17F2N/c1-6-7-11(10(4)15)8(2)9(3)12(5,13)14/h6-7H,1,4,15H2,2-3,5H3/b9-8+,11-7+. The second-order valence-corrected chi connectivity index (χ2v) is 3.48. The third-order valence-electron chi connectivity index (χ3n) is 2.26. The van der Waals surface area contributed by atoms with Crippen LogP contribution in [0.15, 0.2) is 47.7 Å². The summed E-state index contributed by atoms with van der Waals surface area (Å²) < 4.78 is 26.1. The number of rotatable bonds is 4. The minimum atomic E-state index is -2.85. The van der Waals surface area contributed by atoms with E-state index in [0.29, 0.717) is 11.1 Å². The molecule has 0 saturated heterocycles. The highest BCUT2D eigenvalue weighted by Gasteiger charge is 2.26. The van der Waals surface area contributed by atoms with Crippen molar-refractivity contribution >= 4 is 0 Å². The number of alkyl halides is 2. The van der Waals surface area contributed by atoms with Gasteiger partial charge in [-0.1, -0.05) is 25.3 Å². The van der Waals surface area contributed by atoms with Gasteiger partial charge in [-0.05, 0) is 30.6 Å². The molecule has 0 atom stereocenters. The zero-order chi connectivity index (χ0) is 12.2. The van der Waals surface area contributed by atoms with Crippen molar-refractivity contribution in [2.75, 3.05) is 0 Å². The van der Waals surface area contributed by atoms with Crippen molar-refractivity contribution in [3.8, 4) is 0 Å². The predicted octanol–water partition coefficient (Wildman–Crippen LogP) is 3.56. The van der Waals surface area contributed by atoms with Gasteiger partial charge in [0.2, 0.25) is 0 Å². The Bertz CT molecular complexity index is 330. The monoisotopic (exact) mass is 213 g/mol. The van der Waals surface area contributed by atoms with E-state index < -0.39 is 5.92 Å². The maximum atomic E-state index is 13.0. The minimum absolute atomic E-state index is 0.0119. The quantitative estimate of drug-likeness (QED) is 0.710. The average molecular weight is 213 g/mol. The van der Waals surface area contributed by atoms with E-state index in [0.717, 1.165) is 6.92 Å². The molecule has 0 saturated carbocycles. The summed E-state index contributed by atoms with van der Waals surface area (Å²) in [6.45, 7) is 10.9. The van der Waals surface area contributed by atoms with E-state index in [-0.39, 0.29) is 11.3 Å². The van der Waals surface area contributed by atoms with Crippen molar-refractivity contribution in [1.82, 2.24) is 0 Å². The van der Waals surface area contributed by atoms with Crippen LogP contribution >= 0.6 is 0 Å². The summed E-state index contributed by atoms with van der Waals surface area (Å²) in [4.78, 5) is 0. The van der Waals surface area contributed by atoms with E-state index in [1.807, 2.05) is 0 Å². The molecule has 0 aromatic heterocycles. The molecule has 0 spiro atoms. The Hall–Kier alpha value is -1.38. The molecule has 0 fully saturated rings. The fraction of sp³-hybridized carbons (Fsp3) is 0.333. The van der Waals surface area contributed by atoms with E-state index in [2.05, 4.69) is 13.2 Å². The van der Waals surface area contributed by atoms with Crippen LogP contribution in [-0.4, -0.2) is 5.92 Å². The largest absolute Gasteiger partial charge is 0.399 e. The number of nitrogens with two attached hydrogens (primary N) is 1. The summed E-state index contributed by atoms with van der Waals surface area (Å²) in [5.41, 5.74) is 6.71. The topological polar surface area (TPSA) is 26.0 Å². The third-order valence-corrected chi connectivity index (χ3v) is 2.26. The number of allylic oxidation sites excluding steroid dienone is 4. The van der Waals surface area contributed by atoms with Crippen molar-refractivity contribution in [3.05, 3.63) is 47.7 Å². The van der Waals surface area contributed by atoms with Gasteiger partial charge in [0.25, 0.3) is 5.92 Å². The summed E-state index contributed by atoms with van der Waals surface area (Å²) in [5.74, 6) is -2.85. The fourth-order valence-electron chi connectivity index (χ4n) is 1.12. The van der Waals surface area contributed by atoms with Crippen molar-refractivity contribution < 1.29 is 8.78 Å². The second-order valence-electron chi connectivity index (χ2n) is 3.48. The molecule has 0 aromatic carbocycles. The molecule has 0 rings (SSSR count). The van der Waals surface area contributed by atoms with Gasteiger partial charge in [-0.15, -0.1) is 0 Å². The summed E-state index contributed by atoms with van der Waals surface area (Å²) in [5, 5.41) is 0. The summed E-state index contributed by atoms with van der Waals surface area (Å²) >= 11 is 0. The molecule has 0 bridgehead atoms. The molecular weight excluding hydrogens is 196 g/mol. The molecule has 0 heterocycles. The first kappa shape index (κ1) is 13.6. The summed E-state index contributed by atoms with van der Waals surface area (Å²) in [7, 11) is 0. The molecule has 3 heteroatoms. The van der Waals surface area contributed by atoms with Gasteiger partial charge < -0.3 is 5.73 Å². The van der Waals surface area contributed by atoms with Crippen LogP contribution < -0.4 is 5.73 Å². The van der Waals surface area contributed by atoms with E-state index in [4.69, 9.17) is 5.73 Å². The van der Waals surface area contributed by atoms with Crippen LogP contribution in [0.4, 0.5) is 8.78 Å². The van der Waals surface area contributed by atoms with Crippen molar-refractivity contribution in [3.63, 3.8) is 0 Å². The van der Waals surface area contributed by atoms with Gasteiger partial charge in [0.1, 0.15) is 0 Å². The lowest BCUT2D eigenvalue weighted by molar-refractivity contribution is 0.0626. The first-order valence-corrected chi connectivity index (χ1v) is 4.55. The number of hydrogen-bond acceptors (Lipinski definition) is 1. The molecule has 0 unspecified atom stereocenters. The molecule has 0 radical (unpaired) electrons. The van der Waals surface area contributed by atoms with E-state index in [1.165, 1.54) is 13.0 Å². The Balaban J connectivity index is 5.47. The third kappa shape index (κ3) is 3.70. The molecule has 0 amide bonds. The van der Waals surface area contributed by atoms with Gasteiger partial charge in [0.15, 0.2) is 0 Å². The van der Waals surface area contributed by atoms with E-state index >= 15 is 0 Å². The summed E-state index contributed by atoms with van der Waals surface area (Å²) in [6, 6.07) is 0. The highest BCUT2D eigenvalue weighted by atomic mass is 19.3. The zero-order valence-electron chi connectivity index (χ0n) is 9.40. The Labute approximate surface area is 89.7 Å². The van der Waals surface area contributed by atoms with Crippen LogP contribution in [-0.2, 0) is 0 Å². The van der Waals surface area contributed by atoms with Crippen molar-refractivity contribution in [2.45, 2.75) is 26.7 Å². The number of hydrogen-bond donors (Lipinski definition) is 1. The molecule has 84 valence electrons. The molecule has 1 nitrogen and oxygen atoms in total. The molecular formula is C12H17F2N. The minimum Gasteiger partial charge on any atom is -0.399 e. The molecule has 2 N–H and O–H groups in total. The lowest BCUT2D eigenvalue weighted by Gasteiger charge is -2.16. The molecule has 0 aliphatic heterocycles. The Kier molecular flexibility index (Phi) is 4.46. The van der Waals surface area contributed by atoms with Crippen LogP contribution in [0, 0.1) is 0 Å². The second kappa shape index (κ2) is 4.91. The van der Waals surface area contributed by atoms with Crippen LogP contribution in [0.2, 0.25) is 0 Å². The van der Waals surface area contributed by atoms with E-state index in [9.17, 15) is 8.78 Å². The van der Waals surface area contributed by atoms with Gasteiger partial charge in [0, 0.05) is 12.6 Å². The first-order chi connectivity index (χ1) is 6.71. The lowest BCUT2D eigenvalue weighted by atomic mass is 9.97. The van der Waals surface area contributed by atoms with Gasteiger partial charge in [-0.3, -0.25) is 0 Å². The van der Waals surface area contributed by atoms with Crippen LogP contribution in [0.3, 0.4) is 0 Å². The van der Waals surface area contributed by atoms with Crippen molar-refractivity contribution in [1.29, 1.82) is 0 Å². The van der Waals surface area contributed by atoms with Gasteiger partial charge in [-0.25, -0.2) is 8.78 Å². The Morgan fingerprint density at radius 3 is 2.07 bits per heavy atom. The SMILES string of the molecule is C=C/C=C(C(=C)N)\C(C)=C(/C)C(C)(F)F. The maximum Gasteiger partial charge on any atom is 0.266 e. The van der Waals surface area contributed by atoms with Crippen LogP contribution in [0.5, 0.6) is 0 Å². The average Bonchev–Trinajstić information content (AvgIpc) is 2.09. The molecule has 0 aliphatic carbocycles. The van der Waals surface area contributed by atoms with E-state index in [1.54, 1.807) is 13.0 Å². The zero-order valence-corrected chi connectivity index (χ0v) is 9.40. The first-order valence-electron chi connectivity index (χ1n) is 4.55. The van der Waals surface area contributed by atoms with Gasteiger partial charge >= 0.3 is 0 Å². The van der Waals surface area contributed by atoms with Crippen LogP contribution in [0.25, 0.3) is 0 Å². The molecule has 0 aromatic rings. The highest BCUT2D eigenvalue weighted by molar-refractivity contribution is 5.47. The van der Waals surface area contributed by atoms with Crippen molar-refractivity contribution in [2.24, 2.45) is 5.73 Å². The lowest BCUT2D eigenvalue weighted by Crippen LogP contribution is -2.15. The van der Waals surface area contributed by atoms with Crippen LogP contribution in [0.1, 0.15) is 20.8 Å². The molecule has 15 heavy (non-hydrogen) atoms. The Morgan fingerprint density at radius 2 is 1.80 bits per heavy atom. The smallest absolute Gasteiger partial charge is 0.266 e. The van der Waals surface area contributed by atoms with Gasteiger partial charge in [-0.2, -0.15) is 0 Å². The maximum absolute atomic E-state index is 13.0. The normalized spacial score (nSPS) is 14.6. The van der Waals surface area contributed by atoms with Gasteiger partial charge in [0.05, 0.1) is 0 Å². The molecule has 0 aliphatic rings. The predicted molar refractivity (Wildman–Crippen MR) is 60.6 cm³/mol. The summed E-state index contributed by atoms with van der Waals surface area (Å²) in [6.07, 6.45) is 3.07.